The van der Waals surface area contributed by atoms with E-state index in [9.17, 15) is 4.79 Å². The Morgan fingerprint density at radius 2 is 2.06 bits per heavy atom. The van der Waals surface area contributed by atoms with Gasteiger partial charge < -0.3 is 5.73 Å². The molecule has 88 valence electrons. The van der Waals surface area contributed by atoms with E-state index in [-0.39, 0.29) is 5.56 Å². The number of aromatic nitrogens is 2. The number of nitrogens with zero attached hydrogens (tertiary/aromatic N) is 1. The van der Waals surface area contributed by atoms with Gasteiger partial charge in [-0.25, -0.2) is 4.68 Å². The number of aromatic amines is 1. The van der Waals surface area contributed by atoms with Gasteiger partial charge in [0, 0.05) is 17.2 Å². The Morgan fingerprint density at radius 3 is 2.56 bits per heavy atom. The molecule has 2 fully saturated rings. The van der Waals surface area contributed by atoms with Crippen molar-refractivity contribution in [3.8, 4) is 0 Å². The lowest BCUT2D eigenvalue weighted by Gasteiger charge is -2.25. The third-order valence-corrected chi connectivity index (χ3v) is 3.86. The van der Waals surface area contributed by atoms with E-state index in [0.29, 0.717) is 18.5 Å². The third-order valence-electron chi connectivity index (χ3n) is 3.86. The maximum atomic E-state index is 12.2. The van der Waals surface area contributed by atoms with E-state index >= 15 is 0 Å². The number of rotatable bonds is 4. The molecule has 4 heteroatoms. The molecule has 3 N–H and O–H groups in total. The first-order valence-corrected chi connectivity index (χ1v) is 6.34. The molecule has 4 nitrogen and oxygen atoms in total. The molecular weight excluding hydrogens is 202 g/mol. The standard InChI is InChI=1S/C12H19N3O/c13-7-6-10-11(8-4-5-8)14-15(12(10)16)9-2-1-3-9/h8-9,14H,1-7,13H2. The molecule has 0 bridgehead atoms. The van der Waals surface area contributed by atoms with Gasteiger partial charge >= 0.3 is 0 Å². The van der Waals surface area contributed by atoms with Gasteiger partial charge in [-0.1, -0.05) is 0 Å². The summed E-state index contributed by atoms with van der Waals surface area (Å²) in [6, 6.07) is 0.427. The van der Waals surface area contributed by atoms with E-state index in [4.69, 9.17) is 5.73 Å². The number of hydrogen-bond acceptors (Lipinski definition) is 2. The molecule has 2 saturated carbocycles. The molecule has 2 aliphatic rings. The minimum absolute atomic E-state index is 0.192. The zero-order chi connectivity index (χ0) is 11.1. The fraction of sp³-hybridized carbons (Fsp3) is 0.750. The lowest BCUT2D eigenvalue weighted by molar-refractivity contribution is 0.282. The molecule has 1 aromatic heterocycles. The molecule has 3 rings (SSSR count). The summed E-state index contributed by atoms with van der Waals surface area (Å²) < 4.78 is 1.86. The Balaban J connectivity index is 1.99. The lowest BCUT2D eigenvalue weighted by Crippen LogP contribution is -2.28. The van der Waals surface area contributed by atoms with Crippen molar-refractivity contribution in [3.05, 3.63) is 21.6 Å². The predicted molar refractivity (Wildman–Crippen MR) is 62.7 cm³/mol. The zero-order valence-corrected chi connectivity index (χ0v) is 9.54. The van der Waals surface area contributed by atoms with Gasteiger partial charge in [-0.15, -0.1) is 0 Å². The molecule has 1 heterocycles. The molecule has 0 unspecified atom stereocenters. The highest BCUT2D eigenvalue weighted by atomic mass is 16.1. The van der Waals surface area contributed by atoms with E-state index in [2.05, 4.69) is 5.10 Å². The Hall–Kier alpha value is -1.03. The van der Waals surface area contributed by atoms with Gasteiger partial charge in [-0.3, -0.25) is 9.89 Å². The monoisotopic (exact) mass is 221 g/mol. The van der Waals surface area contributed by atoms with E-state index in [1.165, 1.54) is 25.0 Å². The molecule has 16 heavy (non-hydrogen) atoms. The molecule has 0 atom stereocenters. The quantitative estimate of drug-likeness (QED) is 0.804. The first kappa shape index (κ1) is 10.1. The Morgan fingerprint density at radius 1 is 1.31 bits per heavy atom. The largest absolute Gasteiger partial charge is 0.330 e. The fourth-order valence-corrected chi connectivity index (χ4v) is 2.51. The van der Waals surface area contributed by atoms with Gasteiger partial charge in [0.05, 0.1) is 6.04 Å². The summed E-state index contributed by atoms with van der Waals surface area (Å²) in [5.41, 5.74) is 7.92. The SMILES string of the molecule is NCCc1c(C2CC2)[nH]n(C2CCC2)c1=O. The van der Waals surface area contributed by atoms with Crippen LogP contribution in [0.1, 0.15) is 55.3 Å². The first-order valence-electron chi connectivity index (χ1n) is 6.34. The highest BCUT2D eigenvalue weighted by molar-refractivity contribution is 5.25. The van der Waals surface area contributed by atoms with Crippen molar-refractivity contribution >= 4 is 0 Å². The van der Waals surface area contributed by atoms with Crippen molar-refractivity contribution in [2.24, 2.45) is 5.73 Å². The second-order valence-corrected chi connectivity index (χ2v) is 5.08. The average Bonchev–Trinajstić information content (AvgIpc) is 2.97. The predicted octanol–water partition coefficient (Wildman–Crippen LogP) is 1.28. The van der Waals surface area contributed by atoms with Crippen LogP contribution in [0.25, 0.3) is 0 Å². The minimum Gasteiger partial charge on any atom is -0.330 e. The van der Waals surface area contributed by atoms with Crippen molar-refractivity contribution in [2.75, 3.05) is 6.54 Å². The Bertz CT molecular complexity index is 438. The summed E-state index contributed by atoms with van der Waals surface area (Å²) in [4.78, 5) is 12.2. The van der Waals surface area contributed by atoms with Crippen LogP contribution in [0.4, 0.5) is 0 Å². The summed E-state index contributed by atoms with van der Waals surface area (Å²) in [6.45, 7) is 0.567. The molecule has 0 saturated heterocycles. The van der Waals surface area contributed by atoms with E-state index in [1.54, 1.807) is 0 Å². The number of nitrogens with two attached hydrogens (primary N) is 1. The number of hydrogen-bond donors (Lipinski definition) is 2. The van der Waals surface area contributed by atoms with Crippen LogP contribution in [0.5, 0.6) is 0 Å². The molecule has 0 amide bonds. The molecule has 1 aromatic rings. The highest BCUT2D eigenvalue weighted by Gasteiger charge is 2.32. The van der Waals surface area contributed by atoms with E-state index in [1.807, 2.05) is 4.68 Å². The van der Waals surface area contributed by atoms with Gasteiger partial charge in [0.2, 0.25) is 0 Å². The minimum atomic E-state index is 0.192. The van der Waals surface area contributed by atoms with Crippen LogP contribution in [0.15, 0.2) is 4.79 Å². The van der Waals surface area contributed by atoms with Crippen molar-refractivity contribution < 1.29 is 0 Å². The van der Waals surface area contributed by atoms with Gasteiger partial charge in [0.25, 0.3) is 5.56 Å². The number of nitrogens with one attached hydrogen (secondary N) is 1. The van der Waals surface area contributed by atoms with Crippen molar-refractivity contribution in [2.45, 2.75) is 50.5 Å². The normalized spacial score (nSPS) is 21.1. The number of H-pyrrole nitrogens is 1. The van der Waals surface area contributed by atoms with Crippen molar-refractivity contribution in [1.29, 1.82) is 0 Å². The molecular formula is C12H19N3O. The maximum absolute atomic E-state index is 12.2. The Labute approximate surface area is 94.8 Å². The van der Waals surface area contributed by atoms with Crippen LogP contribution in [-0.4, -0.2) is 16.3 Å². The van der Waals surface area contributed by atoms with Crippen molar-refractivity contribution in [3.63, 3.8) is 0 Å². The van der Waals surface area contributed by atoms with Crippen LogP contribution < -0.4 is 11.3 Å². The molecule has 0 aromatic carbocycles. The second-order valence-electron chi connectivity index (χ2n) is 5.08. The molecule has 0 radical (unpaired) electrons. The summed E-state index contributed by atoms with van der Waals surface area (Å²) in [5.74, 6) is 0.607. The lowest BCUT2D eigenvalue weighted by atomic mass is 9.93. The molecule has 0 spiro atoms. The summed E-state index contributed by atoms with van der Waals surface area (Å²) in [6.07, 6.45) is 6.71. The third kappa shape index (κ3) is 1.52. The highest BCUT2D eigenvalue weighted by Crippen LogP contribution is 2.41. The van der Waals surface area contributed by atoms with Gasteiger partial charge in [0.15, 0.2) is 0 Å². The van der Waals surface area contributed by atoms with Gasteiger partial charge in [-0.2, -0.15) is 0 Å². The fourth-order valence-electron chi connectivity index (χ4n) is 2.51. The van der Waals surface area contributed by atoms with Crippen LogP contribution in [-0.2, 0) is 6.42 Å². The van der Waals surface area contributed by atoms with Gasteiger partial charge in [0.1, 0.15) is 0 Å². The topological polar surface area (TPSA) is 63.8 Å². The van der Waals surface area contributed by atoms with Gasteiger partial charge in [-0.05, 0) is 45.1 Å². The van der Waals surface area contributed by atoms with Crippen molar-refractivity contribution in [1.82, 2.24) is 9.78 Å². The van der Waals surface area contributed by atoms with Crippen LogP contribution >= 0.6 is 0 Å². The van der Waals surface area contributed by atoms with E-state index < -0.39 is 0 Å². The van der Waals surface area contributed by atoms with E-state index in [0.717, 1.165) is 24.8 Å². The first-order chi connectivity index (χ1) is 7.81. The summed E-state index contributed by atoms with van der Waals surface area (Å²) >= 11 is 0. The summed E-state index contributed by atoms with van der Waals surface area (Å²) in [7, 11) is 0. The van der Waals surface area contributed by atoms with Crippen LogP contribution in [0, 0.1) is 0 Å². The Kier molecular flexibility index (Phi) is 2.39. The second kappa shape index (κ2) is 3.77. The average molecular weight is 221 g/mol. The molecule has 2 aliphatic carbocycles. The summed E-state index contributed by atoms with van der Waals surface area (Å²) in [5, 5.41) is 3.35. The van der Waals surface area contributed by atoms with Crippen LogP contribution in [0.3, 0.4) is 0 Å². The van der Waals surface area contributed by atoms with Crippen LogP contribution in [0.2, 0.25) is 0 Å². The maximum Gasteiger partial charge on any atom is 0.270 e. The zero-order valence-electron chi connectivity index (χ0n) is 9.54. The smallest absolute Gasteiger partial charge is 0.270 e. The molecule has 0 aliphatic heterocycles.